The van der Waals surface area contributed by atoms with Gasteiger partial charge >= 0.3 is 0 Å². The van der Waals surface area contributed by atoms with Crippen LogP contribution in [0.15, 0.2) is 24.3 Å². The number of hydrogen-bond donors (Lipinski definition) is 2. The summed E-state index contributed by atoms with van der Waals surface area (Å²) in [4.78, 5) is 13.6. The maximum Gasteiger partial charge on any atom is 0.206 e. The van der Waals surface area contributed by atoms with E-state index in [-0.39, 0.29) is 17.7 Å². The van der Waals surface area contributed by atoms with Gasteiger partial charge in [0.05, 0.1) is 25.4 Å². The van der Waals surface area contributed by atoms with Crippen LogP contribution in [0.1, 0.15) is 35.3 Å². The van der Waals surface area contributed by atoms with Crippen LogP contribution in [0.3, 0.4) is 0 Å². The van der Waals surface area contributed by atoms with Gasteiger partial charge in [-0.3, -0.25) is 4.79 Å². The maximum absolute atomic E-state index is 13.6. The minimum absolute atomic E-state index is 0.0242. The molecule has 0 aliphatic carbocycles. The average molecular weight is 428 g/mol. The van der Waals surface area contributed by atoms with E-state index in [4.69, 9.17) is 23.7 Å². The number of benzene rings is 2. The summed E-state index contributed by atoms with van der Waals surface area (Å²) in [6.45, 7) is 3.33. The molecule has 5 rings (SSSR count). The van der Waals surface area contributed by atoms with Gasteiger partial charge in [-0.25, -0.2) is 0 Å². The first-order valence-electron chi connectivity index (χ1n) is 10.1. The Bertz CT molecular complexity index is 1090. The predicted molar refractivity (Wildman–Crippen MR) is 109 cm³/mol. The lowest BCUT2D eigenvalue weighted by atomic mass is 9.77. The molecule has 3 heterocycles. The SMILES string of the molecule is COc1cc2c(cc1OC)[C@]1(O)C(=O)c3ccc4c(c3O[C@@H]1CO2)C[C@@H](C(C)(C)O)O4. The molecule has 164 valence electrons. The minimum Gasteiger partial charge on any atom is -0.493 e. The Balaban J connectivity index is 1.61. The van der Waals surface area contributed by atoms with E-state index in [1.807, 2.05) is 0 Å². The second-order valence-corrected chi connectivity index (χ2v) is 8.60. The van der Waals surface area contributed by atoms with Gasteiger partial charge in [0.25, 0.3) is 0 Å². The van der Waals surface area contributed by atoms with Gasteiger partial charge in [0.2, 0.25) is 5.78 Å². The highest BCUT2D eigenvalue weighted by Gasteiger charge is 2.57. The molecule has 2 aromatic rings. The molecule has 8 nitrogen and oxygen atoms in total. The fraction of sp³-hybridized carbons (Fsp3) is 0.435. The van der Waals surface area contributed by atoms with Gasteiger partial charge in [0.1, 0.15) is 30.0 Å². The first kappa shape index (κ1) is 20.0. The Morgan fingerprint density at radius 1 is 1.10 bits per heavy atom. The summed E-state index contributed by atoms with van der Waals surface area (Å²) in [6, 6.07) is 6.41. The molecule has 0 saturated heterocycles. The van der Waals surface area contributed by atoms with Gasteiger partial charge in [-0.1, -0.05) is 0 Å². The molecule has 8 heteroatoms. The number of ketones is 1. The Kier molecular flexibility index (Phi) is 4.19. The van der Waals surface area contributed by atoms with Crippen molar-refractivity contribution in [3.63, 3.8) is 0 Å². The van der Waals surface area contributed by atoms with Crippen molar-refractivity contribution in [1.82, 2.24) is 0 Å². The van der Waals surface area contributed by atoms with E-state index in [1.165, 1.54) is 14.2 Å². The van der Waals surface area contributed by atoms with Crippen LogP contribution in [0.5, 0.6) is 28.7 Å². The molecule has 0 aromatic heterocycles. The molecule has 31 heavy (non-hydrogen) atoms. The van der Waals surface area contributed by atoms with Crippen molar-refractivity contribution >= 4 is 5.78 Å². The molecule has 3 atom stereocenters. The van der Waals surface area contributed by atoms with E-state index in [0.29, 0.717) is 40.7 Å². The number of carbonyl (C=O) groups excluding carboxylic acids is 1. The predicted octanol–water partition coefficient (Wildman–Crippen LogP) is 2.00. The number of hydrogen-bond acceptors (Lipinski definition) is 8. The number of aliphatic hydroxyl groups is 2. The average Bonchev–Trinajstić information content (AvgIpc) is 3.19. The standard InChI is InChI=1S/C23H24O8/c1-22(2,25)18-7-12-14(30-18)6-5-11-20(12)31-19-10-29-15-9-17(28-4)16(27-3)8-13(15)23(19,26)21(11)24/h5-6,8-9,18-19,25-26H,7,10H2,1-4H3/t18-,19+,23+/m0/s1. The van der Waals surface area contributed by atoms with Crippen molar-refractivity contribution in [1.29, 1.82) is 0 Å². The second kappa shape index (κ2) is 6.51. The first-order chi connectivity index (χ1) is 14.7. The number of rotatable bonds is 3. The van der Waals surface area contributed by atoms with Gasteiger partial charge in [-0.05, 0) is 32.0 Å². The second-order valence-electron chi connectivity index (χ2n) is 8.60. The van der Waals surface area contributed by atoms with E-state index in [9.17, 15) is 15.0 Å². The lowest BCUT2D eigenvalue weighted by molar-refractivity contribution is -0.0803. The smallest absolute Gasteiger partial charge is 0.206 e. The fourth-order valence-electron chi connectivity index (χ4n) is 4.47. The highest BCUT2D eigenvalue weighted by Crippen LogP contribution is 2.51. The summed E-state index contributed by atoms with van der Waals surface area (Å²) in [7, 11) is 2.98. The van der Waals surface area contributed by atoms with Crippen LogP contribution in [-0.4, -0.2) is 54.6 Å². The molecule has 2 aromatic carbocycles. The van der Waals surface area contributed by atoms with Crippen molar-refractivity contribution < 1.29 is 38.7 Å². The maximum atomic E-state index is 13.6. The van der Waals surface area contributed by atoms with Crippen molar-refractivity contribution in [3.05, 3.63) is 41.0 Å². The first-order valence-corrected chi connectivity index (χ1v) is 10.1. The summed E-state index contributed by atoms with van der Waals surface area (Å²) in [5, 5.41) is 22.0. The normalized spacial score (nSPS) is 25.8. The van der Waals surface area contributed by atoms with Crippen molar-refractivity contribution in [2.24, 2.45) is 0 Å². The van der Waals surface area contributed by atoms with Crippen LogP contribution >= 0.6 is 0 Å². The molecule has 0 unspecified atom stereocenters. The van der Waals surface area contributed by atoms with Crippen molar-refractivity contribution in [2.75, 3.05) is 20.8 Å². The van der Waals surface area contributed by atoms with E-state index < -0.39 is 29.2 Å². The number of fused-ring (bicyclic) bond motifs is 6. The molecular formula is C23H24O8. The van der Waals surface area contributed by atoms with Gasteiger partial charge in [0, 0.05) is 23.6 Å². The van der Waals surface area contributed by atoms with Crippen LogP contribution in [0.25, 0.3) is 0 Å². The van der Waals surface area contributed by atoms with Crippen LogP contribution in [-0.2, 0) is 12.0 Å². The van der Waals surface area contributed by atoms with E-state index >= 15 is 0 Å². The van der Waals surface area contributed by atoms with E-state index in [1.54, 1.807) is 38.1 Å². The molecule has 0 bridgehead atoms. The Labute approximate surface area is 179 Å². The van der Waals surface area contributed by atoms with Crippen LogP contribution in [0, 0.1) is 0 Å². The highest BCUT2D eigenvalue weighted by atomic mass is 16.6. The van der Waals surface area contributed by atoms with E-state index in [2.05, 4.69) is 0 Å². The zero-order valence-corrected chi connectivity index (χ0v) is 17.7. The molecule has 0 amide bonds. The minimum atomic E-state index is -1.94. The number of Topliss-reactive ketones (excluding diaryl/α,β-unsaturated/α-hetero) is 1. The molecule has 0 saturated carbocycles. The summed E-state index contributed by atoms with van der Waals surface area (Å²) in [5.74, 6) is 1.59. The lowest BCUT2D eigenvalue weighted by Gasteiger charge is -2.43. The molecule has 2 N–H and O–H groups in total. The van der Waals surface area contributed by atoms with Crippen molar-refractivity contribution in [2.45, 2.75) is 43.7 Å². The third-order valence-corrected chi connectivity index (χ3v) is 6.27. The lowest BCUT2D eigenvalue weighted by Crippen LogP contribution is -2.57. The third kappa shape index (κ3) is 2.71. The largest absolute Gasteiger partial charge is 0.493 e. The summed E-state index contributed by atoms with van der Waals surface area (Å²) in [6.07, 6.45) is -1.03. The molecule has 0 radical (unpaired) electrons. The third-order valence-electron chi connectivity index (χ3n) is 6.27. The monoisotopic (exact) mass is 428 g/mol. The summed E-state index contributed by atoms with van der Waals surface area (Å²) in [5.41, 5.74) is -1.77. The zero-order valence-electron chi connectivity index (χ0n) is 17.7. The fourth-order valence-corrected chi connectivity index (χ4v) is 4.47. The van der Waals surface area contributed by atoms with Gasteiger partial charge in [-0.15, -0.1) is 0 Å². The van der Waals surface area contributed by atoms with Gasteiger partial charge in [0.15, 0.2) is 23.2 Å². The number of carbonyl (C=O) groups is 1. The molecule has 3 aliphatic heterocycles. The van der Waals surface area contributed by atoms with E-state index in [0.717, 1.165) is 0 Å². The number of ether oxygens (including phenoxy) is 5. The zero-order chi connectivity index (χ0) is 22.1. The Hall–Kier alpha value is -2.97. The van der Waals surface area contributed by atoms with Crippen molar-refractivity contribution in [3.8, 4) is 28.7 Å². The van der Waals surface area contributed by atoms with Crippen LogP contribution < -0.4 is 23.7 Å². The Morgan fingerprint density at radius 3 is 2.48 bits per heavy atom. The molecule has 3 aliphatic rings. The molecule has 0 fully saturated rings. The molecular weight excluding hydrogens is 404 g/mol. The summed E-state index contributed by atoms with van der Waals surface area (Å²) >= 11 is 0. The summed E-state index contributed by atoms with van der Waals surface area (Å²) < 4.78 is 28.5. The Morgan fingerprint density at radius 2 is 1.81 bits per heavy atom. The molecule has 0 spiro atoms. The topological polar surface area (TPSA) is 104 Å². The number of methoxy groups -OCH3 is 2. The quantitative estimate of drug-likeness (QED) is 0.765. The van der Waals surface area contributed by atoms with Crippen LogP contribution in [0.4, 0.5) is 0 Å². The van der Waals surface area contributed by atoms with Gasteiger partial charge in [-0.2, -0.15) is 0 Å². The van der Waals surface area contributed by atoms with Crippen LogP contribution in [0.2, 0.25) is 0 Å². The van der Waals surface area contributed by atoms with Gasteiger partial charge < -0.3 is 33.9 Å². The highest BCUT2D eigenvalue weighted by molar-refractivity contribution is 6.07.